The Labute approximate surface area is 84.5 Å². The number of halogens is 2. The van der Waals surface area contributed by atoms with Gasteiger partial charge in [0.2, 0.25) is 0 Å². The molecule has 0 aromatic heterocycles. The Kier molecular flexibility index (Phi) is 7.72. The van der Waals surface area contributed by atoms with Gasteiger partial charge in [0.1, 0.15) is 0 Å². The van der Waals surface area contributed by atoms with Crippen molar-refractivity contribution in [1.29, 1.82) is 0 Å². The average Bonchev–Trinajstić information content (AvgIpc) is 2.00. The molecule has 0 saturated carbocycles. The van der Waals surface area contributed by atoms with Gasteiger partial charge in [-0.25, -0.2) is 0 Å². The Morgan fingerprint density at radius 1 is 1.08 bits per heavy atom. The predicted molar refractivity (Wildman–Crippen MR) is 56.4 cm³/mol. The van der Waals surface area contributed by atoms with Crippen LogP contribution in [0.3, 0.4) is 0 Å². The third kappa shape index (κ3) is 8.54. The lowest BCUT2D eigenvalue weighted by atomic mass is 9.99. The van der Waals surface area contributed by atoms with Crippen LogP contribution in [0.5, 0.6) is 0 Å². The molecule has 0 aromatic rings. The first-order valence-electron chi connectivity index (χ1n) is 4.99. The van der Waals surface area contributed by atoms with Crippen molar-refractivity contribution in [2.24, 2.45) is 5.92 Å². The minimum Gasteiger partial charge on any atom is -0.198 e. The maximum atomic E-state index is 11.9. The van der Waals surface area contributed by atoms with Crippen molar-refractivity contribution in [3.8, 4) is 0 Å². The van der Waals surface area contributed by atoms with E-state index in [-0.39, 0.29) is 5.25 Å². The second-order valence-corrected chi connectivity index (χ2v) is 5.11. The maximum absolute atomic E-state index is 11.9. The molecular formula is C10H20F2S. The largest absolute Gasteiger partial charge is 0.284 e. The molecule has 0 aromatic carbocycles. The molecule has 2 atom stereocenters. The normalized spacial score (nSPS) is 16.2. The second-order valence-electron chi connectivity index (χ2n) is 3.68. The van der Waals surface area contributed by atoms with Gasteiger partial charge in [-0.05, 0) is 18.8 Å². The van der Waals surface area contributed by atoms with Crippen LogP contribution in [0.1, 0.15) is 46.5 Å². The predicted octanol–water partition coefficient (Wildman–Crippen LogP) is 4.55. The van der Waals surface area contributed by atoms with E-state index in [9.17, 15) is 8.78 Å². The topological polar surface area (TPSA) is 0 Å². The molecule has 3 heteroatoms. The van der Waals surface area contributed by atoms with E-state index in [1.807, 2.05) is 6.92 Å². The van der Waals surface area contributed by atoms with Gasteiger partial charge in [0.25, 0.3) is 5.76 Å². The lowest BCUT2D eigenvalue weighted by Gasteiger charge is -2.13. The zero-order chi connectivity index (χ0) is 10.3. The lowest BCUT2D eigenvalue weighted by molar-refractivity contribution is 0.251. The van der Waals surface area contributed by atoms with E-state index in [0.717, 1.165) is 24.6 Å². The van der Waals surface area contributed by atoms with Crippen molar-refractivity contribution in [3.05, 3.63) is 0 Å². The molecule has 0 heterocycles. The van der Waals surface area contributed by atoms with Gasteiger partial charge in [0, 0.05) is 5.25 Å². The van der Waals surface area contributed by atoms with E-state index >= 15 is 0 Å². The molecule has 0 rings (SSSR count). The summed E-state index contributed by atoms with van der Waals surface area (Å²) >= 11 is 0.781. The number of rotatable bonds is 7. The molecule has 0 nitrogen and oxygen atoms in total. The Morgan fingerprint density at radius 2 is 1.69 bits per heavy atom. The molecule has 0 N–H and O–H groups in total. The smallest absolute Gasteiger partial charge is 0.198 e. The fourth-order valence-corrected chi connectivity index (χ4v) is 2.02. The first-order valence-corrected chi connectivity index (χ1v) is 5.94. The van der Waals surface area contributed by atoms with Gasteiger partial charge in [-0.3, -0.25) is 0 Å². The zero-order valence-electron chi connectivity index (χ0n) is 8.72. The molecular weight excluding hydrogens is 190 g/mol. The standard InChI is InChI=1S/C10H20F2S/c1-4-5-8(2)6-7-9(3)13-10(11)12/h8-10H,4-7H2,1-3H3/t8-,9+/m0/s1. The average molecular weight is 210 g/mol. The minimum absolute atomic E-state index is 0.0966. The van der Waals surface area contributed by atoms with Gasteiger partial charge >= 0.3 is 0 Å². The highest BCUT2D eigenvalue weighted by molar-refractivity contribution is 8.00. The summed E-state index contributed by atoms with van der Waals surface area (Å²) in [7, 11) is 0. The molecule has 0 spiro atoms. The maximum Gasteiger partial charge on any atom is 0.284 e. The third-order valence-electron chi connectivity index (χ3n) is 2.18. The molecule has 0 saturated heterocycles. The highest BCUT2D eigenvalue weighted by Gasteiger charge is 2.11. The summed E-state index contributed by atoms with van der Waals surface area (Å²) in [4.78, 5) is 0. The van der Waals surface area contributed by atoms with Crippen LogP contribution in [0.2, 0.25) is 0 Å². The van der Waals surface area contributed by atoms with Crippen LogP contribution >= 0.6 is 11.8 Å². The molecule has 0 fully saturated rings. The fourth-order valence-electron chi connectivity index (χ4n) is 1.40. The molecule has 0 amide bonds. The van der Waals surface area contributed by atoms with Gasteiger partial charge in [0.05, 0.1) is 0 Å². The molecule has 0 bridgehead atoms. The van der Waals surface area contributed by atoms with Crippen molar-refractivity contribution in [2.45, 2.75) is 57.5 Å². The van der Waals surface area contributed by atoms with Crippen LogP contribution in [0.15, 0.2) is 0 Å². The lowest BCUT2D eigenvalue weighted by Crippen LogP contribution is -2.03. The van der Waals surface area contributed by atoms with Crippen molar-refractivity contribution in [1.82, 2.24) is 0 Å². The van der Waals surface area contributed by atoms with E-state index in [1.54, 1.807) is 0 Å². The van der Waals surface area contributed by atoms with Gasteiger partial charge in [-0.15, -0.1) is 0 Å². The van der Waals surface area contributed by atoms with Crippen LogP contribution in [-0.2, 0) is 0 Å². The minimum atomic E-state index is -2.21. The van der Waals surface area contributed by atoms with Crippen molar-refractivity contribution in [3.63, 3.8) is 0 Å². The van der Waals surface area contributed by atoms with Crippen molar-refractivity contribution in [2.75, 3.05) is 0 Å². The summed E-state index contributed by atoms with van der Waals surface area (Å²) in [5, 5.41) is 0.0966. The number of hydrogen-bond donors (Lipinski definition) is 0. The van der Waals surface area contributed by atoms with Crippen LogP contribution in [-0.4, -0.2) is 11.0 Å². The summed E-state index contributed by atoms with van der Waals surface area (Å²) in [6.07, 6.45) is 4.40. The Balaban J connectivity index is 3.40. The number of hydrogen-bond acceptors (Lipinski definition) is 1. The first-order chi connectivity index (χ1) is 6.06. The van der Waals surface area contributed by atoms with E-state index in [2.05, 4.69) is 13.8 Å². The second kappa shape index (κ2) is 7.60. The summed E-state index contributed by atoms with van der Waals surface area (Å²) in [6.45, 7) is 6.24. The van der Waals surface area contributed by atoms with Crippen molar-refractivity contribution < 1.29 is 8.78 Å². The monoisotopic (exact) mass is 210 g/mol. The van der Waals surface area contributed by atoms with Gasteiger partial charge < -0.3 is 0 Å². The molecule has 13 heavy (non-hydrogen) atoms. The number of thioether (sulfide) groups is 1. The summed E-state index contributed by atoms with van der Waals surface area (Å²) in [6, 6.07) is 0. The molecule has 80 valence electrons. The van der Waals surface area contributed by atoms with Crippen LogP contribution in [0, 0.1) is 5.92 Å². The Morgan fingerprint density at radius 3 is 2.15 bits per heavy atom. The summed E-state index contributed by atoms with van der Waals surface area (Å²) in [5.74, 6) is -1.53. The molecule has 0 radical (unpaired) electrons. The van der Waals surface area contributed by atoms with Gasteiger partial charge in [0.15, 0.2) is 0 Å². The Bertz CT molecular complexity index is 117. The SMILES string of the molecule is CCC[C@H](C)CC[C@@H](C)SC(F)F. The first kappa shape index (κ1) is 13.2. The van der Waals surface area contributed by atoms with Gasteiger partial charge in [-0.2, -0.15) is 8.78 Å². The van der Waals surface area contributed by atoms with E-state index in [1.165, 1.54) is 12.8 Å². The van der Waals surface area contributed by atoms with Gasteiger partial charge in [-0.1, -0.05) is 45.4 Å². The number of alkyl halides is 2. The summed E-state index contributed by atoms with van der Waals surface area (Å²) in [5.41, 5.74) is 0. The molecule has 0 unspecified atom stereocenters. The van der Waals surface area contributed by atoms with Crippen molar-refractivity contribution >= 4 is 11.8 Å². The molecule has 0 aliphatic rings. The van der Waals surface area contributed by atoms with E-state index in [4.69, 9.17) is 0 Å². The van der Waals surface area contributed by atoms with E-state index in [0.29, 0.717) is 5.92 Å². The van der Waals surface area contributed by atoms with Crippen LogP contribution in [0.25, 0.3) is 0 Å². The highest BCUT2D eigenvalue weighted by atomic mass is 32.2. The zero-order valence-corrected chi connectivity index (χ0v) is 9.54. The Hall–Kier alpha value is 0.210. The van der Waals surface area contributed by atoms with Crippen LogP contribution in [0.4, 0.5) is 8.78 Å². The third-order valence-corrected chi connectivity index (χ3v) is 3.09. The molecule has 0 aliphatic carbocycles. The highest BCUT2D eigenvalue weighted by Crippen LogP contribution is 2.25. The molecule has 0 aliphatic heterocycles. The summed E-state index contributed by atoms with van der Waals surface area (Å²) < 4.78 is 23.8. The quantitative estimate of drug-likeness (QED) is 0.594. The van der Waals surface area contributed by atoms with E-state index < -0.39 is 5.76 Å². The fraction of sp³-hybridized carbons (Fsp3) is 1.00. The van der Waals surface area contributed by atoms with Crippen LogP contribution < -0.4 is 0 Å².